The fourth-order valence-electron chi connectivity index (χ4n) is 9.21. The summed E-state index contributed by atoms with van der Waals surface area (Å²) in [6.07, 6.45) is 2.99. The highest BCUT2D eigenvalue weighted by atomic mass is 28.4. The first-order chi connectivity index (χ1) is 29.1. The predicted octanol–water partition coefficient (Wildman–Crippen LogP) is 8.40. The van der Waals surface area contributed by atoms with E-state index < -0.39 is 31.6 Å². The molecule has 13 heteroatoms. The smallest absolute Gasteiger partial charge is 0.264 e. The summed E-state index contributed by atoms with van der Waals surface area (Å²) in [6, 6.07) is 41.1. The number of rotatable bonds is 15. The minimum absolute atomic E-state index is 0.142. The van der Waals surface area contributed by atoms with Crippen molar-refractivity contribution < 1.29 is 28.3 Å². The normalized spacial score (nSPS) is 20.2. The lowest BCUT2D eigenvalue weighted by Gasteiger charge is -2.31. The number of amides is 3. The second kappa shape index (κ2) is 16.8. The molecule has 1 N–H and O–H groups in total. The minimum atomic E-state index is -3.52. The first-order valence-electron chi connectivity index (χ1n) is 20.1. The molecule has 1 spiro atoms. The van der Waals surface area contributed by atoms with Crippen LogP contribution in [-0.2, 0) is 37.8 Å². The van der Waals surface area contributed by atoms with Gasteiger partial charge in [0.25, 0.3) is 5.91 Å². The third-order valence-corrected chi connectivity index (χ3v) is 14.4. The summed E-state index contributed by atoms with van der Waals surface area (Å²) in [7, 11) is -3.52. The zero-order valence-electron chi connectivity index (χ0n) is 33.7. The number of fused-ring (bicyclic) bond motifs is 2. The van der Waals surface area contributed by atoms with Crippen molar-refractivity contribution in [2.75, 3.05) is 21.3 Å². The van der Waals surface area contributed by atoms with Crippen molar-refractivity contribution in [2.45, 2.75) is 62.7 Å². The zero-order valence-corrected chi connectivity index (χ0v) is 34.7. The molecule has 1 aromatic heterocycles. The third-order valence-electron chi connectivity index (χ3n) is 12.0. The van der Waals surface area contributed by atoms with Gasteiger partial charge in [0.2, 0.25) is 21.2 Å². The fraction of sp³-hybridized carbons (Fsp3) is 0.255. The van der Waals surface area contributed by atoms with E-state index in [1.165, 1.54) is 4.90 Å². The lowest BCUT2D eigenvalue weighted by molar-refractivity contribution is -0.146. The van der Waals surface area contributed by atoms with E-state index in [0.29, 0.717) is 52.7 Å². The van der Waals surface area contributed by atoms with Crippen molar-refractivity contribution in [3.05, 3.63) is 162 Å². The number of aryl methyl sites for hydroxylation is 1. The molecule has 1 unspecified atom stereocenters. The summed E-state index contributed by atoms with van der Waals surface area (Å²) < 4.78 is 25.6. The Bertz CT molecular complexity index is 2470. The standard InChI is InChI=1S/C47H47FN6O5Si/c1-33-45(60(2,3)48)44(24-25-51-29-42(49-50-51)40(30-55)35-15-7-4-8-16-35)59-47(33)41-27-39(54(32-57)37-19-11-6-12-20-37)22-23-43(41)52(46(47)58)28-34-14-13-21-38(26-34)53(31-56)36-17-9-5-10-18-36/h4-23,26-27,29,31-33,40,44-45,55H,24-25,28,30H2,1-3H3/t33-,40?,44+,45-,47+/m1/s1. The molecule has 8 rings (SSSR count). The van der Waals surface area contributed by atoms with Crippen LogP contribution in [0.15, 0.2) is 140 Å². The number of anilines is 5. The Kier molecular flexibility index (Phi) is 11.3. The number of benzene rings is 5. The quantitative estimate of drug-likeness (QED) is 0.0628. The molecule has 1 fully saturated rings. The molecule has 5 aromatic carbocycles. The van der Waals surface area contributed by atoms with E-state index in [1.807, 2.05) is 134 Å². The maximum atomic E-state index is 16.8. The van der Waals surface area contributed by atoms with Gasteiger partial charge in [0.05, 0.1) is 36.6 Å². The zero-order chi connectivity index (χ0) is 42.0. The van der Waals surface area contributed by atoms with Gasteiger partial charge >= 0.3 is 0 Å². The number of carbonyl (C=O) groups excluding carboxylic acids is 3. The average Bonchev–Trinajstić information content (AvgIpc) is 3.92. The molecule has 6 aromatic rings. The van der Waals surface area contributed by atoms with Crippen LogP contribution < -0.4 is 14.7 Å². The van der Waals surface area contributed by atoms with Crippen molar-refractivity contribution in [1.29, 1.82) is 0 Å². The van der Waals surface area contributed by atoms with Gasteiger partial charge in [-0.15, -0.1) is 5.10 Å². The van der Waals surface area contributed by atoms with E-state index in [9.17, 15) is 14.7 Å². The molecular formula is C47H47FN6O5Si. The van der Waals surface area contributed by atoms with Crippen LogP contribution in [0.5, 0.6) is 0 Å². The third kappa shape index (κ3) is 7.44. The molecule has 0 aliphatic carbocycles. The SMILES string of the molecule is C[C@@H]1[C@@H]([Si](C)(C)F)[C@H](CCn2cc(C(CO)c3ccccc3)nn2)O[C@@]12C(=O)N(Cc1cccc(N(C=O)c3ccccc3)c1)c1ccc(N(C=O)c3ccccc3)cc12. The van der Waals surface area contributed by atoms with E-state index in [2.05, 4.69) is 10.3 Å². The minimum Gasteiger partial charge on any atom is -0.395 e. The van der Waals surface area contributed by atoms with Crippen LogP contribution >= 0.6 is 0 Å². The fourth-order valence-corrected chi connectivity index (χ4v) is 11.8. The van der Waals surface area contributed by atoms with Crippen LogP contribution in [0, 0.1) is 5.92 Å². The van der Waals surface area contributed by atoms with Gasteiger partial charge in [0.1, 0.15) is 0 Å². The summed E-state index contributed by atoms with van der Waals surface area (Å²) >= 11 is 0. The van der Waals surface area contributed by atoms with E-state index in [0.717, 1.165) is 23.9 Å². The molecule has 2 aliphatic heterocycles. The van der Waals surface area contributed by atoms with E-state index in [1.54, 1.807) is 39.8 Å². The Balaban J connectivity index is 1.16. The Morgan fingerprint density at radius 1 is 0.833 bits per heavy atom. The first kappa shape index (κ1) is 40.5. The number of hydrogen-bond acceptors (Lipinski definition) is 7. The Hall–Kier alpha value is -6.28. The molecule has 11 nitrogen and oxygen atoms in total. The summed E-state index contributed by atoms with van der Waals surface area (Å²) in [5.41, 5.74) is 3.84. The van der Waals surface area contributed by atoms with Gasteiger partial charge in [-0.25, -0.2) is 0 Å². The monoisotopic (exact) mass is 822 g/mol. The van der Waals surface area contributed by atoms with Gasteiger partial charge in [-0.1, -0.05) is 91.0 Å². The van der Waals surface area contributed by atoms with Crippen LogP contribution in [0.2, 0.25) is 18.6 Å². The largest absolute Gasteiger partial charge is 0.395 e. The molecule has 0 bridgehead atoms. The molecule has 3 heterocycles. The average molecular weight is 823 g/mol. The summed E-state index contributed by atoms with van der Waals surface area (Å²) in [6.45, 7) is 5.59. The Morgan fingerprint density at radius 3 is 2.03 bits per heavy atom. The number of aliphatic hydroxyl groups excluding tert-OH is 1. The molecule has 0 saturated carbocycles. The summed E-state index contributed by atoms with van der Waals surface area (Å²) in [5.74, 6) is -1.26. The van der Waals surface area contributed by atoms with E-state index in [4.69, 9.17) is 4.74 Å². The van der Waals surface area contributed by atoms with Crippen molar-refractivity contribution in [3.8, 4) is 0 Å². The number of aliphatic hydroxyl groups is 1. The highest BCUT2D eigenvalue weighted by Gasteiger charge is 2.66. The molecule has 5 atom stereocenters. The van der Waals surface area contributed by atoms with Gasteiger partial charge in [0, 0.05) is 52.5 Å². The van der Waals surface area contributed by atoms with Gasteiger partial charge in [-0.3, -0.25) is 28.9 Å². The predicted molar refractivity (Wildman–Crippen MR) is 231 cm³/mol. The van der Waals surface area contributed by atoms with Crippen LogP contribution in [0.4, 0.5) is 32.5 Å². The van der Waals surface area contributed by atoms with Crippen molar-refractivity contribution >= 4 is 55.6 Å². The number of ether oxygens (including phenoxy) is 1. The topological polar surface area (TPSA) is 121 Å². The Morgan fingerprint density at radius 2 is 1.43 bits per heavy atom. The van der Waals surface area contributed by atoms with Crippen LogP contribution in [0.25, 0.3) is 0 Å². The Labute approximate surface area is 349 Å². The van der Waals surface area contributed by atoms with Crippen molar-refractivity contribution in [2.24, 2.45) is 5.92 Å². The lowest BCUT2D eigenvalue weighted by atomic mass is 9.82. The first-order valence-corrected chi connectivity index (χ1v) is 23.1. The second-order valence-electron chi connectivity index (χ2n) is 16.0. The van der Waals surface area contributed by atoms with Gasteiger partial charge < -0.3 is 18.9 Å². The van der Waals surface area contributed by atoms with Gasteiger partial charge in [-0.2, -0.15) is 0 Å². The van der Waals surface area contributed by atoms with Crippen molar-refractivity contribution in [3.63, 3.8) is 0 Å². The maximum absolute atomic E-state index is 16.8. The highest BCUT2D eigenvalue weighted by molar-refractivity contribution is 6.72. The summed E-state index contributed by atoms with van der Waals surface area (Å²) in [5, 5.41) is 19.0. The second-order valence-corrected chi connectivity index (χ2v) is 19.8. The molecule has 2 aliphatic rings. The summed E-state index contributed by atoms with van der Waals surface area (Å²) in [4.78, 5) is 45.1. The number of hydrogen-bond donors (Lipinski definition) is 1. The van der Waals surface area contributed by atoms with E-state index >= 15 is 8.90 Å². The van der Waals surface area contributed by atoms with Gasteiger partial charge in [0.15, 0.2) is 5.60 Å². The number of carbonyl (C=O) groups is 3. The van der Waals surface area contributed by atoms with Crippen LogP contribution in [0.3, 0.4) is 0 Å². The van der Waals surface area contributed by atoms with E-state index in [-0.39, 0.29) is 25.0 Å². The van der Waals surface area contributed by atoms with Crippen LogP contribution in [-0.4, -0.2) is 59.9 Å². The lowest BCUT2D eigenvalue weighted by Crippen LogP contribution is -2.45. The molecule has 306 valence electrons. The molecule has 0 radical (unpaired) electrons. The van der Waals surface area contributed by atoms with Crippen LogP contribution in [0.1, 0.15) is 41.6 Å². The molecule has 1 saturated heterocycles. The molecular weight excluding hydrogens is 776 g/mol. The maximum Gasteiger partial charge on any atom is 0.264 e. The number of aromatic nitrogens is 3. The molecule has 3 amide bonds. The number of para-hydroxylation sites is 2. The van der Waals surface area contributed by atoms with Gasteiger partial charge in [-0.05, 0) is 85.2 Å². The number of halogens is 1. The van der Waals surface area contributed by atoms with Crippen molar-refractivity contribution in [1.82, 2.24) is 15.0 Å². The molecule has 60 heavy (non-hydrogen) atoms. The highest BCUT2D eigenvalue weighted by Crippen LogP contribution is 2.61. The number of nitrogens with zero attached hydrogens (tertiary/aromatic N) is 6.